The van der Waals surface area contributed by atoms with Crippen LogP contribution in [0.5, 0.6) is 0 Å². The van der Waals surface area contributed by atoms with Gasteiger partial charge in [-0.05, 0) is 79.0 Å². The van der Waals surface area contributed by atoms with Crippen molar-refractivity contribution in [3.8, 4) is 11.3 Å². The highest BCUT2D eigenvalue weighted by atomic mass is 19.1. The Morgan fingerprint density at radius 2 is 1.86 bits per heavy atom. The SMILES string of the molecule is COCCc1cc(F)c(-c2nc(C(=O)Nc3cnccc3[C@@H]3C[C@H](C)C[C@@H](N)C3)ccc2F)c(F)c1. The molecular weight excluding hydrogens is 469 g/mol. The Morgan fingerprint density at radius 3 is 2.56 bits per heavy atom. The summed E-state index contributed by atoms with van der Waals surface area (Å²) in [5, 5.41) is 2.78. The summed E-state index contributed by atoms with van der Waals surface area (Å²) in [6.07, 6.45) is 6.16. The molecule has 0 spiro atoms. The standard InChI is InChI=1S/C27H29F3N4O2/c1-15-9-17(13-18(31)10-15)19-5-7-32-14-24(19)34-27(35)23-4-3-20(28)26(33-23)25-21(29)11-16(6-8-36-2)12-22(25)30/h3-5,7,11-12,14-15,17-18H,6,8-10,13,31H2,1-2H3,(H,34,35)/t15-,17+,18+/m0/s1. The average Bonchev–Trinajstić information content (AvgIpc) is 2.83. The second-order valence-corrected chi connectivity index (χ2v) is 9.39. The fourth-order valence-corrected chi connectivity index (χ4v) is 4.92. The lowest BCUT2D eigenvalue weighted by Crippen LogP contribution is -2.31. The summed E-state index contributed by atoms with van der Waals surface area (Å²) in [7, 11) is 1.48. The summed E-state index contributed by atoms with van der Waals surface area (Å²) in [6.45, 7) is 2.43. The molecule has 6 nitrogen and oxygen atoms in total. The monoisotopic (exact) mass is 498 g/mol. The molecule has 1 fully saturated rings. The summed E-state index contributed by atoms with van der Waals surface area (Å²) < 4.78 is 49.2. The van der Waals surface area contributed by atoms with Gasteiger partial charge in [0.2, 0.25) is 0 Å². The van der Waals surface area contributed by atoms with Gasteiger partial charge in [0.15, 0.2) is 0 Å². The van der Waals surface area contributed by atoms with E-state index in [4.69, 9.17) is 10.5 Å². The van der Waals surface area contributed by atoms with Crippen LogP contribution in [0.2, 0.25) is 0 Å². The largest absolute Gasteiger partial charge is 0.384 e. The first-order chi connectivity index (χ1) is 17.3. The minimum absolute atomic E-state index is 0.0717. The maximum absolute atomic E-state index is 14.8. The van der Waals surface area contributed by atoms with E-state index in [1.807, 2.05) is 6.07 Å². The molecular formula is C27H29F3N4O2. The van der Waals surface area contributed by atoms with Gasteiger partial charge >= 0.3 is 0 Å². The smallest absolute Gasteiger partial charge is 0.274 e. The van der Waals surface area contributed by atoms with E-state index >= 15 is 0 Å². The molecule has 2 aromatic heterocycles. The van der Waals surface area contributed by atoms with E-state index in [-0.39, 0.29) is 24.3 Å². The predicted molar refractivity (Wildman–Crippen MR) is 131 cm³/mol. The highest BCUT2D eigenvalue weighted by Gasteiger charge is 2.28. The number of nitrogens with one attached hydrogen (secondary N) is 1. The number of hydrogen-bond acceptors (Lipinski definition) is 5. The average molecular weight is 499 g/mol. The van der Waals surface area contributed by atoms with E-state index in [9.17, 15) is 18.0 Å². The highest BCUT2D eigenvalue weighted by molar-refractivity contribution is 6.03. The normalized spacial score (nSPS) is 19.8. The zero-order valence-corrected chi connectivity index (χ0v) is 20.2. The van der Waals surface area contributed by atoms with E-state index in [1.54, 1.807) is 12.4 Å². The van der Waals surface area contributed by atoms with Crippen LogP contribution in [0.25, 0.3) is 11.3 Å². The van der Waals surface area contributed by atoms with Gasteiger partial charge in [-0.2, -0.15) is 0 Å². The van der Waals surface area contributed by atoms with Crippen LogP contribution in [-0.4, -0.2) is 35.6 Å². The Hall–Kier alpha value is -3.30. The third-order valence-corrected chi connectivity index (χ3v) is 6.53. The van der Waals surface area contributed by atoms with Gasteiger partial charge in [0.05, 0.1) is 24.1 Å². The van der Waals surface area contributed by atoms with Crippen molar-refractivity contribution in [1.29, 1.82) is 0 Å². The zero-order chi connectivity index (χ0) is 25.8. The number of halogens is 3. The van der Waals surface area contributed by atoms with Crippen molar-refractivity contribution in [2.45, 2.75) is 44.6 Å². The number of anilines is 1. The summed E-state index contributed by atoms with van der Waals surface area (Å²) in [6, 6.07) is 6.30. The van der Waals surface area contributed by atoms with Crippen molar-refractivity contribution >= 4 is 11.6 Å². The minimum atomic E-state index is -0.970. The molecule has 4 rings (SSSR count). The Balaban J connectivity index is 1.62. The molecule has 0 saturated heterocycles. The number of hydrogen-bond donors (Lipinski definition) is 2. The first kappa shape index (κ1) is 25.8. The van der Waals surface area contributed by atoms with Crippen molar-refractivity contribution in [2.24, 2.45) is 11.7 Å². The fourth-order valence-electron chi connectivity index (χ4n) is 4.92. The van der Waals surface area contributed by atoms with Crippen molar-refractivity contribution in [3.63, 3.8) is 0 Å². The third kappa shape index (κ3) is 5.74. The second kappa shape index (κ2) is 11.2. The number of carbonyl (C=O) groups is 1. The molecule has 1 aliphatic rings. The summed E-state index contributed by atoms with van der Waals surface area (Å²) in [5.41, 5.74) is 6.61. The number of rotatable bonds is 7. The number of ether oxygens (including phenoxy) is 1. The molecule has 2 heterocycles. The molecule has 36 heavy (non-hydrogen) atoms. The van der Waals surface area contributed by atoms with Crippen LogP contribution in [0.4, 0.5) is 18.9 Å². The first-order valence-corrected chi connectivity index (χ1v) is 11.9. The van der Waals surface area contributed by atoms with Gasteiger partial charge in [-0.3, -0.25) is 9.78 Å². The van der Waals surface area contributed by atoms with Crippen LogP contribution in [0.1, 0.15) is 53.7 Å². The molecule has 3 N–H and O–H groups in total. The molecule has 0 radical (unpaired) electrons. The van der Waals surface area contributed by atoms with Crippen molar-refractivity contribution in [1.82, 2.24) is 9.97 Å². The van der Waals surface area contributed by atoms with Gasteiger partial charge in [-0.25, -0.2) is 18.2 Å². The lowest BCUT2D eigenvalue weighted by molar-refractivity contribution is 0.102. The summed E-state index contributed by atoms with van der Waals surface area (Å²) >= 11 is 0. The van der Waals surface area contributed by atoms with Crippen LogP contribution < -0.4 is 11.1 Å². The molecule has 190 valence electrons. The van der Waals surface area contributed by atoms with Crippen LogP contribution in [0.15, 0.2) is 42.7 Å². The summed E-state index contributed by atoms with van der Waals surface area (Å²) in [5.74, 6) is -2.93. The predicted octanol–water partition coefficient (Wildman–Crippen LogP) is 5.23. The number of nitrogens with two attached hydrogens (primary N) is 1. The molecule has 0 bridgehead atoms. The van der Waals surface area contributed by atoms with Crippen LogP contribution in [0, 0.1) is 23.4 Å². The van der Waals surface area contributed by atoms with E-state index in [0.717, 1.165) is 43.0 Å². The molecule has 3 atom stereocenters. The number of benzene rings is 1. The summed E-state index contributed by atoms with van der Waals surface area (Å²) in [4.78, 5) is 21.2. The van der Waals surface area contributed by atoms with E-state index in [0.29, 0.717) is 23.6 Å². The molecule has 0 unspecified atom stereocenters. The number of amides is 1. The number of aromatic nitrogens is 2. The van der Waals surface area contributed by atoms with Gasteiger partial charge in [0, 0.05) is 19.3 Å². The van der Waals surface area contributed by atoms with Crippen LogP contribution >= 0.6 is 0 Å². The van der Waals surface area contributed by atoms with Crippen molar-refractivity contribution < 1.29 is 22.7 Å². The number of nitrogens with zero attached hydrogens (tertiary/aromatic N) is 2. The third-order valence-electron chi connectivity index (χ3n) is 6.53. The Labute approximate surface area is 208 Å². The number of methoxy groups -OCH3 is 1. The molecule has 1 saturated carbocycles. The zero-order valence-electron chi connectivity index (χ0n) is 20.2. The Kier molecular flexibility index (Phi) is 8.01. The second-order valence-electron chi connectivity index (χ2n) is 9.39. The lowest BCUT2D eigenvalue weighted by atomic mass is 9.76. The topological polar surface area (TPSA) is 90.1 Å². The van der Waals surface area contributed by atoms with E-state index < -0.39 is 34.6 Å². The van der Waals surface area contributed by atoms with Gasteiger partial charge in [0.25, 0.3) is 5.91 Å². The molecule has 1 amide bonds. The minimum Gasteiger partial charge on any atom is -0.384 e. The van der Waals surface area contributed by atoms with Gasteiger partial charge < -0.3 is 15.8 Å². The highest BCUT2D eigenvalue weighted by Crippen LogP contribution is 2.38. The number of pyridine rings is 2. The van der Waals surface area contributed by atoms with E-state index in [1.165, 1.54) is 13.2 Å². The Morgan fingerprint density at radius 1 is 1.11 bits per heavy atom. The molecule has 1 aliphatic carbocycles. The maximum atomic E-state index is 14.8. The van der Waals surface area contributed by atoms with Crippen molar-refractivity contribution in [2.75, 3.05) is 19.0 Å². The van der Waals surface area contributed by atoms with Crippen LogP contribution in [-0.2, 0) is 11.2 Å². The Bertz CT molecular complexity index is 1220. The van der Waals surface area contributed by atoms with Gasteiger partial charge in [-0.1, -0.05) is 6.92 Å². The molecule has 1 aromatic carbocycles. The molecule has 9 heteroatoms. The molecule has 3 aromatic rings. The van der Waals surface area contributed by atoms with E-state index in [2.05, 4.69) is 22.2 Å². The van der Waals surface area contributed by atoms with Crippen molar-refractivity contribution in [3.05, 3.63) is 77.0 Å². The van der Waals surface area contributed by atoms with Gasteiger partial charge in [-0.15, -0.1) is 0 Å². The molecule has 0 aliphatic heterocycles. The lowest BCUT2D eigenvalue weighted by Gasteiger charge is -2.32. The quantitative estimate of drug-likeness (QED) is 0.465. The van der Waals surface area contributed by atoms with Gasteiger partial charge in [0.1, 0.15) is 28.8 Å². The maximum Gasteiger partial charge on any atom is 0.274 e. The van der Waals surface area contributed by atoms with Crippen LogP contribution in [0.3, 0.4) is 0 Å². The first-order valence-electron chi connectivity index (χ1n) is 11.9. The fraction of sp³-hybridized carbons (Fsp3) is 0.370. The number of carbonyl (C=O) groups excluding carboxylic acids is 1.